The zero-order chi connectivity index (χ0) is 22.1. The van der Waals surface area contributed by atoms with E-state index < -0.39 is 24.5 Å². The number of nitrogens with zero attached hydrogens (tertiary/aromatic N) is 3. The Morgan fingerprint density at radius 2 is 2.06 bits per heavy atom. The van der Waals surface area contributed by atoms with Gasteiger partial charge in [-0.1, -0.05) is 24.6 Å². The molecule has 1 unspecified atom stereocenters. The van der Waals surface area contributed by atoms with Crippen molar-refractivity contribution < 1.29 is 24.5 Å². The van der Waals surface area contributed by atoms with Crippen LogP contribution in [0.3, 0.4) is 0 Å². The second-order valence-corrected chi connectivity index (χ2v) is 9.69. The molecule has 0 bridgehead atoms. The van der Waals surface area contributed by atoms with Crippen molar-refractivity contribution in [3.8, 4) is 0 Å². The Morgan fingerprint density at radius 1 is 1.22 bits per heavy atom. The molecular weight excluding hydrogens is 436 g/mol. The molecular formula is C20H30N6O5S. The van der Waals surface area contributed by atoms with Gasteiger partial charge in [-0.2, -0.15) is 0 Å². The van der Waals surface area contributed by atoms with E-state index in [0.29, 0.717) is 24.9 Å². The summed E-state index contributed by atoms with van der Waals surface area (Å²) in [6.07, 6.45) is 3.05. The molecule has 32 heavy (non-hydrogen) atoms. The first-order valence-corrected chi connectivity index (χ1v) is 12.2. The molecule has 1 amide bonds. The molecule has 3 fully saturated rings. The van der Waals surface area contributed by atoms with Gasteiger partial charge in [0.15, 0.2) is 17.9 Å². The van der Waals surface area contributed by atoms with Gasteiger partial charge in [0.1, 0.15) is 24.2 Å². The molecule has 1 aromatic rings. The number of hydrogen-bond acceptors (Lipinski definition) is 11. The lowest BCUT2D eigenvalue weighted by Gasteiger charge is -2.26. The molecule has 176 valence electrons. The number of thioether (sulfide) groups is 1. The average molecular weight is 467 g/mol. The number of anilines is 3. The van der Waals surface area contributed by atoms with E-state index in [1.807, 2.05) is 0 Å². The molecule has 1 saturated carbocycles. The van der Waals surface area contributed by atoms with Crippen molar-refractivity contribution in [3.63, 3.8) is 0 Å². The van der Waals surface area contributed by atoms with Crippen LogP contribution in [0.15, 0.2) is 6.33 Å². The zero-order valence-electron chi connectivity index (χ0n) is 17.8. The summed E-state index contributed by atoms with van der Waals surface area (Å²) in [6, 6.07) is 0.435. The summed E-state index contributed by atoms with van der Waals surface area (Å²) in [5, 5.41) is 30.8. The van der Waals surface area contributed by atoms with Crippen LogP contribution < -0.4 is 20.9 Å². The maximum Gasteiger partial charge on any atom is 0.279 e. The summed E-state index contributed by atoms with van der Waals surface area (Å²) in [7, 11) is 0. The van der Waals surface area contributed by atoms with Gasteiger partial charge in [-0.3, -0.25) is 4.79 Å². The van der Waals surface area contributed by atoms with Crippen molar-refractivity contribution in [1.29, 1.82) is 0 Å². The second-order valence-electron chi connectivity index (χ2n) is 8.70. The van der Waals surface area contributed by atoms with E-state index in [-0.39, 0.29) is 23.1 Å². The van der Waals surface area contributed by atoms with Crippen LogP contribution in [0, 0.1) is 0 Å². The Morgan fingerprint density at radius 3 is 2.84 bits per heavy atom. The number of hydrogen-bond donors (Lipinski definition) is 5. The molecule has 5 N–H and O–H groups in total. The number of aromatic nitrogens is 2. The van der Waals surface area contributed by atoms with E-state index in [2.05, 4.69) is 25.9 Å². The van der Waals surface area contributed by atoms with Crippen LogP contribution in [0.1, 0.15) is 32.1 Å². The van der Waals surface area contributed by atoms with Gasteiger partial charge in [0.25, 0.3) is 5.24 Å². The fourth-order valence-electron chi connectivity index (χ4n) is 4.72. The lowest BCUT2D eigenvalue weighted by atomic mass is 10.1. The number of carbonyl (C=O) groups is 1. The Hall–Kier alpha value is -1.86. The Bertz CT molecular complexity index is 822. The molecule has 4 aliphatic rings. The Labute approximate surface area is 190 Å². The molecule has 2 saturated heterocycles. The molecule has 0 spiro atoms. The Balaban J connectivity index is 1.21. The SMILES string of the molecule is O=C(NC1CCCC1)SC[C@H]1OC(N2CNc3c(N[C@@H]4CCOC4)ncnc32)[C@H](O)[C@@H]1O. The first-order chi connectivity index (χ1) is 15.6. The molecule has 1 aromatic heterocycles. The highest BCUT2D eigenvalue weighted by molar-refractivity contribution is 8.13. The van der Waals surface area contributed by atoms with E-state index in [0.717, 1.165) is 56.2 Å². The van der Waals surface area contributed by atoms with Crippen molar-refractivity contribution in [3.05, 3.63) is 6.33 Å². The van der Waals surface area contributed by atoms with Gasteiger partial charge >= 0.3 is 0 Å². The summed E-state index contributed by atoms with van der Waals surface area (Å²) >= 11 is 1.09. The summed E-state index contributed by atoms with van der Waals surface area (Å²) in [5.74, 6) is 1.54. The Kier molecular flexibility index (Phi) is 6.56. The quantitative estimate of drug-likeness (QED) is 0.404. The van der Waals surface area contributed by atoms with Gasteiger partial charge in [-0.15, -0.1) is 0 Å². The predicted molar refractivity (Wildman–Crippen MR) is 120 cm³/mol. The van der Waals surface area contributed by atoms with Crippen molar-refractivity contribution in [2.75, 3.05) is 41.2 Å². The first kappa shape index (κ1) is 22.0. The van der Waals surface area contributed by atoms with E-state index in [4.69, 9.17) is 9.47 Å². The van der Waals surface area contributed by atoms with Crippen LogP contribution in [-0.4, -0.2) is 87.7 Å². The van der Waals surface area contributed by atoms with Crippen molar-refractivity contribution in [2.24, 2.45) is 0 Å². The molecule has 1 aliphatic carbocycles. The first-order valence-electron chi connectivity index (χ1n) is 11.2. The molecule has 0 aromatic carbocycles. The van der Waals surface area contributed by atoms with E-state index >= 15 is 0 Å². The van der Waals surface area contributed by atoms with Gasteiger partial charge < -0.3 is 40.5 Å². The summed E-state index contributed by atoms with van der Waals surface area (Å²) in [5.41, 5.74) is 0.735. The van der Waals surface area contributed by atoms with Gasteiger partial charge in [-0.05, 0) is 19.3 Å². The van der Waals surface area contributed by atoms with Crippen LogP contribution in [0.25, 0.3) is 0 Å². The van der Waals surface area contributed by atoms with Gasteiger partial charge in [-0.25, -0.2) is 9.97 Å². The average Bonchev–Trinajstić information content (AvgIpc) is 3.58. The largest absolute Gasteiger partial charge is 0.387 e. The lowest BCUT2D eigenvalue weighted by molar-refractivity contribution is 0.0171. The highest BCUT2D eigenvalue weighted by Crippen LogP contribution is 2.39. The van der Waals surface area contributed by atoms with Crippen LogP contribution in [0.2, 0.25) is 0 Å². The van der Waals surface area contributed by atoms with E-state index in [9.17, 15) is 15.0 Å². The van der Waals surface area contributed by atoms with Crippen molar-refractivity contribution in [1.82, 2.24) is 15.3 Å². The highest BCUT2D eigenvalue weighted by Gasteiger charge is 2.47. The summed E-state index contributed by atoms with van der Waals surface area (Å²) in [4.78, 5) is 22.7. The summed E-state index contributed by atoms with van der Waals surface area (Å²) in [6.45, 7) is 1.72. The minimum absolute atomic E-state index is 0.113. The minimum Gasteiger partial charge on any atom is -0.387 e. The van der Waals surface area contributed by atoms with Crippen LogP contribution in [0.5, 0.6) is 0 Å². The van der Waals surface area contributed by atoms with Crippen LogP contribution in [0.4, 0.5) is 22.1 Å². The standard InChI is InChI=1S/C20H30N6O5S/c27-15-13(8-32-20(29)25-11-3-1-2-4-11)31-19(16(15)28)26-10-23-14-17(21-9-22-18(14)26)24-12-5-6-30-7-12/h9,11-13,15-16,19,23,27-28H,1-8,10H2,(H,25,29)(H,21,22,24)/t12-,13-,15-,16-,19?/m1/s1. The number of nitrogens with one attached hydrogen (secondary N) is 3. The molecule has 3 aliphatic heterocycles. The number of aliphatic hydroxyl groups is 2. The number of amides is 1. The lowest BCUT2D eigenvalue weighted by Crippen LogP contribution is -2.44. The number of aliphatic hydroxyl groups excluding tert-OH is 2. The molecule has 11 nitrogen and oxygen atoms in total. The number of rotatable bonds is 6. The van der Waals surface area contributed by atoms with Crippen LogP contribution >= 0.6 is 11.8 Å². The van der Waals surface area contributed by atoms with Gasteiger partial charge in [0, 0.05) is 18.4 Å². The van der Waals surface area contributed by atoms with Gasteiger partial charge in [0.2, 0.25) is 0 Å². The highest BCUT2D eigenvalue weighted by atomic mass is 32.2. The molecule has 4 heterocycles. The monoisotopic (exact) mass is 466 g/mol. The predicted octanol–water partition coefficient (Wildman–Crippen LogP) is 0.699. The smallest absolute Gasteiger partial charge is 0.279 e. The second kappa shape index (κ2) is 9.56. The third-order valence-corrected chi connectivity index (χ3v) is 7.37. The molecule has 5 rings (SSSR count). The normalized spacial score (nSPS) is 32.2. The number of ether oxygens (including phenoxy) is 2. The third-order valence-electron chi connectivity index (χ3n) is 6.50. The van der Waals surface area contributed by atoms with Crippen molar-refractivity contribution in [2.45, 2.75) is 68.7 Å². The number of fused-ring (bicyclic) bond motifs is 1. The fraction of sp³-hybridized carbons (Fsp3) is 0.750. The van der Waals surface area contributed by atoms with Crippen molar-refractivity contribution >= 4 is 34.3 Å². The molecule has 5 atom stereocenters. The maximum absolute atomic E-state index is 12.2. The topological polar surface area (TPSA) is 141 Å². The summed E-state index contributed by atoms with van der Waals surface area (Å²) < 4.78 is 11.4. The van der Waals surface area contributed by atoms with Crippen LogP contribution in [-0.2, 0) is 9.47 Å². The van der Waals surface area contributed by atoms with E-state index in [1.165, 1.54) is 6.33 Å². The van der Waals surface area contributed by atoms with Gasteiger partial charge in [0.05, 0.1) is 25.4 Å². The molecule has 12 heteroatoms. The zero-order valence-corrected chi connectivity index (χ0v) is 18.6. The van der Waals surface area contributed by atoms with E-state index in [1.54, 1.807) is 4.90 Å². The number of carbonyl (C=O) groups excluding carboxylic acids is 1. The minimum atomic E-state index is -1.12. The molecule has 0 radical (unpaired) electrons. The fourth-order valence-corrected chi connectivity index (χ4v) is 5.56. The maximum atomic E-state index is 12.2. The third kappa shape index (κ3) is 4.46.